The van der Waals surface area contributed by atoms with Crippen LogP contribution in [0.25, 0.3) is 0 Å². The molecule has 0 aliphatic rings. The second-order valence-corrected chi connectivity index (χ2v) is 5.63. The molecule has 0 fully saturated rings. The maximum Gasteiger partial charge on any atom is 0.344 e. The molecule has 0 aliphatic heterocycles. The number of benzene rings is 2. The summed E-state index contributed by atoms with van der Waals surface area (Å²) in [5, 5.41) is 0. The van der Waals surface area contributed by atoms with Crippen LogP contribution in [0.4, 0.5) is 0 Å². The molecule has 8 heteroatoms. The number of nitrogens with one attached hydrogen (secondary N) is 2. The van der Waals surface area contributed by atoms with Crippen molar-refractivity contribution in [1.82, 2.24) is 10.9 Å². The number of carbonyl (C=O) groups excluding carboxylic acids is 3. The van der Waals surface area contributed by atoms with Crippen molar-refractivity contribution in [3.63, 3.8) is 0 Å². The Morgan fingerprint density at radius 1 is 0.893 bits per heavy atom. The van der Waals surface area contributed by atoms with Crippen molar-refractivity contribution in [1.29, 1.82) is 0 Å². The molecule has 28 heavy (non-hydrogen) atoms. The van der Waals surface area contributed by atoms with E-state index in [1.807, 2.05) is 6.92 Å². The zero-order valence-corrected chi connectivity index (χ0v) is 15.6. The van der Waals surface area contributed by atoms with E-state index in [1.165, 1.54) is 6.92 Å². The highest BCUT2D eigenvalue weighted by Gasteiger charge is 2.19. The van der Waals surface area contributed by atoms with Crippen molar-refractivity contribution in [2.75, 3.05) is 13.2 Å². The third-order valence-electron chi connectivity index (χ3n) is 3.50. The summed E-state index contributed by atoms with van der Waals surface area (Å²) in [5.74, 6) is -0.705. The van der Waals surface area contributed by atoms with E-state index >= 15 is 0 Å². The van der Waals surface area contributed by atoms with Crippen LogP contribution in [0.1, 0.15) is 24.2 Å². The summed E-state index contributed by atoms with van der Waals surface area (Å²) in [7, 11) is 0. The average molecular weight is 386 g/mol. The molecule has 0 bridgehead atoms. The van der Waals surface area contributed by atoms with Gasteiger partial charge < -0.3 is 14.2 Å². The normalized spacial score (nSPS) is 11.1. The summed E-state index contributed by atoms with van der Waals surface area (Å²) in [6.45, 7) is 3.46. The smallest absolute Gasteiger partial charge is 0.344 e. The van der Waals surface area contributed by atoms with Gasteiger partial charge in [0.2, 0.25) is 0 Å². The number of hydrazine groups is 1. The molecule has 148 valence electrons. The van der Waals surface area contributed by atoms with E-state index in [0.29, 0.717) is 23.7 Å². The van der Waals surface area contributed by atoms with Gasteiger partial charge in [0.1, 0.15) is 11.5 Å². The second-order valence-electron chi connectivity index (χ2n) is 5.63. The van der Waals surface area contributed by atoms with Crippen LogP contribution in [0, 0.1) is 0 Å². The zero-order chi connectivity index (χ0) is 20.4. The topological polar surface area (TPSA) is 103 Å². The standard InChI is InChI=1S/C20H22N2O6/c1-3-26-16-9-11-17(12-10-16)27-13-18(23)28-14(2)19(24)21-22-20(25)15-7-5-4-6-8-15/h4-12,14H,3,13H2,1-2H3,(H,21,24)(H,22,25)/t14-/m1/s1. The predicted molar refractivity (Wildman–Crippen MR) is 101 cm³/mol. The summed E-state index contributed by atoms with van der Waals surface area (Å²) < 4.78 is 15.6. The summed E-state index contributed by atoms with van der Waals surface area (Å²) in [5.41, 5.74) is 4.85. The van der Waals surface area contributed by atoms with Gasteiger partial charge in [0.25, 0.3) is 11.8 Å². The Bertz CT molecular complexity index is 792. The van der Waals surface area contributed by atoms with Gasteiger partial charge in [-0.15, -0.1) is 0 Å². The number of rotatable bonds is 8. The summed E-state index contributed by atoms with van der Waals surface area (Å²) in [6, 6.07) is 15.1. The van der Waals surface area contributed by atoms with Crippen molar-refractivity contribution in [3.05, 3.63) is 60.2 Å². The molecule has 0 aliphatic carbocycles. The minimum Gasteiger partial charge on any atom is -0.494 e. The van der Waals surface area contributed by atoms with E-state index in [4.69, 9.17) is 14.2 Å². The van der Waals surface area contributed by atoms with Crippen molar-refractivity contribution in [2.45, 2.75) is 20.0 Å². The molecule has 1 atom stereocenters. The predicted octanol–water partition coefficient (Wildman–Crippen LogP) is 1.86. The first kappa shape index (κ1) is 20.8. The lowest BCUT2D eigenvalue weighted by Gasteiger charge is -2.14. The average Bonchev–Trinajstić information content (AvgIpc) is 2.72. The largest absolute Gasteiger partial charge is 0.494 e. The van der Waals surface area contributed by atoms with Crippen LogP contribution >= 0.6 is 0 Å². The van der Waals surface area contributed by atoms with E-state index < -0.39 is 23.9 Å². The molecule has 0 saturated heterocycles. The molecule has 2 aromatic rings. The quantitative estimate of drug-likeness (QED) is 0.530. The first-order valence-corrected chi connectivity index (χ1v) is 8.70. The van der Waals surface area contributed by atoms with E-state index in [0.717, 1.165) is 0 Å². The van der Waals surface area contributed by atoms with Gasteiger partial charge in [0.05, 0.1) is 6.61 Å². The number of ether oxygens (including phenoxy) is 3. The summed E-state index contributed by atoms with van der Waals surface area (Å²) in [4.78, 5) is 35.6. The Morgan fingerprint density at radius 2 is 1.50 bits per heavy atom. The van der Waals surface area contributed by atoms with Crippen molar-refractivity contribution >= 4 is 17.8 Å². The third kappa shape index (κ3) is 6.64. The van der Waals surface area contributed by atoms with Crippen LogP contribution in [0.2, 0.25) is 0 Å². The summed E-state index contributed by atoms with van der Waals surface area (Å²) in [6.07, 6.45) is -1.10. The van der Waals surface area contributed by atoms with Crippen molar-refractivity contribution < 1.29 is 28.6 Å². The molecule has 0 radical (unpaired) electrons. The molecule has 2 amide bonds. The lowest BCUT2D eigenvalue weighted by molar-refractivity contribution is -0.156. The molecular formula is C20H22N2O6. The number of hydrogen-bond donors (Lipinski definition) is 2. The molecule has 0 heterocycles. The Kier molecular flexibility index (Phi) is 7.83. The van der Waals surface area contributed by atoms with Gasteiger partial charge in [0.15, 0.2) is 12.7 Å². The molecule has 0 aromatic heterocycles. The second kappa shape index (κ2) is 10.6. The fraction of sp³-hybridized carbons (Fsp3) is 0.250. The van der Waals surface area contributed by atoms with Crippen molar-refractivity contribution in [3.8, 4) is 11.5 Å². The van der Waals surface area contributed by atoms with Crippen LogP contribution < -0.4 is 20.3 Å². The summed E-state index contributed by atoms with van der Waals surface area (Å²) >= 11 is 0. The van der Waals surface area contributed by atoms with E-state index in [1.54, 1.807) is 54.6 Å². The Labute approximate surface area is 162 Å². The maximum absolute atomic E-state index is 11.9. The van der Waals surface area contributed by atoms with Gasteiger partial charge in [-0.1, -0.05) is 18.2 Å². The van der Waals surface area contributed by atoms with Gasteiger partial charge in [-0.3, -0.25) is 20.4 Å². The molecule has 0 spiro atoms. The number of hydrogen-bond acceptors (Lipinski definition) is 6. The van der Waals surface area contributed by atoms with E-state index in [-0.39, 0.29) is 6.61 Å². The zero-order valence-electron chi connectivity index (χ0n) is 15.6. The van der Waals surface area contributed by atoms with Crippen LogP contribution in [-0.2, 0) is 14.3 Å². The maximum atomic E-state index is 11.9. The minimum absolute atomic E-state index is 0.359. The fourth-order valence-corrected chi connectivity index (χ4v) is 2.11. The Hall–Kier alpha value is -3.55. The molecule has 8 nitrogen and oxygen atoms in total. The lowest BCUT2D eigenvalue weighted by atomic mass is 10.2. The van der Waals surface area contributed by atoms with Crippen LogP contribution in [0.5, 0.6) is 11.5 Å². The van der Waals surface area contributed by atoms with Crippen LogP contribution in [-0.4, -0.2) is 37.1 Å². The number of esters is 1. The molecular weight excluding hydrogens is 364 g/mol. The van der Waals surface area contributed by atoms with E-state index in [9.17, 15) is 14.4 Å². The number of amides is 2. The number of carbonyl (C=O) groups is 3. The fourth-order valence-electron chi connectivity index (χ4n) is 2.11. The van der Waals surface area contributed by atoms with Gasteiger partial charge in [-0.05, 0) is 50.2 Å². The SMILES string of the molecule is CCOc1ccc(OCC(=O)O[C@H](C)C(=O)NNC(=O)c2ccccc2)cc1. The minimum atomic E-state index is -1.10. The Balaban J connectivity index is 1.72. The molecule has 0 saturated carbocycles. The third-order valence-corrected chi connectivity index (χ3v) is 3.50. The van der Waals surface area contributed by atoms with Crippen LogP contribution in [0.3, 0.4) is 0 Å². The first-order chi connectivity index (χ1) is 13.5. The highest BCUT2D eigenvalue weighted by Crippen LogP contribution is 2.17. The van der Waals surface area contributed by atoms with E-state index in [2.05, 4.69) is 10.9 Å². The Morgan fingerprint density at radius 3 is 2.11 bits per heavy atom. The van der Waals surface area contributed by atoms with Gasteiger partial charge in [-0.25, -0.2) is 4.79 Å². The van der Waals surface area contributed by atoms with Crippen molar-refractivity contribution in [2.24, 2.45) is 0 Å². The first-order valence-electron chi connectivity index (χ1n) is 8.70. The van der Waals surface area contributed by atoms with Gasteiger partial charge in [0, 0.05) is 5.56 Å². The highest BCUT2D eigenvalue weighted by atomic mass is 16.6. The van der Waals surface area contributed by atoms with Gasteiger partial charge in [-0.2, -0.15) is 0 Å². The lowest BCUT2D eigenvalue weighted by Crippen LogP contribution is -2.47. The van der Waals surface area contributed by atoms with Crippen LogP contribution in [0.15, 0.2) is 54.6 Å². The molecule has 2 rings (SSSR count). The molecule has 2 N–H and O–H groups in total. The molecule has 2 aromatic carbocycles. The monoisotopic (exact) mass is 386 g/mol. The van der Waals surface area contributed by atoms with Gasteiger partial charge >= 0.3 is 5.97 Å². The highest BCUT2D eigenvalue weighted by molar-refractivity contribution is 5.95. The molecule has 0 unspecified atom stereocenters.